The topological polar surface area (TPSA) is 589 Å². The third kappa shape index (κ3) is 17.3. The number of hydrogen-bond donors (Lipinski definition) is 18. The van der Waals surface area contributed by atoms with E-state index in [1.165, 1.54) is 97.1 Å². The summed E-state index contributed by atoms with van der Waals surface area (Å²) in [6.07, 6.45) is 0. The molecule has 0 atom stereocenters. The zero-order chi connectivity index (χ0) is 88.1. The number of nitro benzene ring substituents is 1. The molecule has 12 aromatic carbocycles. The molecule has 18 N–H and O–H groups in total. The van der Waals surface area contributed by atoms with Gasteiger partial charge in [0.05, 0.1) is 37.2 Å². The second-order valence-corrected chi connectivity index (χ2v) is 26.4. The molecule has 0 spiro atoms. The van der Waals surface area contributed by atoms with Crippen LogP contribution in [0.1, 0.15) is 0 Å². The summed E-state index contributed by atoms with van der Waals surface area (Å²) < 4.78 is 33.1. The van der Waals surface area contributed by atoms with Gasteiger partial charge in [-0.2, -0.15) is 0 Å². The minimum absolute atomic E-state index is 0.0519. The highest BCUT2D eigenvalue weighted by molar-refractivity contribution is 5.87. The van der Waals surface area contributed by atoms with Gasteiger partial charge < -0.3 is 118 Å². The molecule has 123 heavy (non-hydrogen) atoms. The fourth-order valence-corrected chi connectivity index (χ4v) is 12.1. The lowest BCUT2D eigenvalue weighted by Gasteiger charge is -2.08. The molecule has 0 radical (unpaired) electrons. The van der Waals surface area contributed by atoms with E-state index in [1.807, 2.05) is 0 Å². The fraction of sp³-hybridized carbons (Fsp3) is 0. The van der Waals surface area contributed by atoms with Gasteiger partial charge in [-0.3, -0.25) is 38.9 Å². The molecule has 0 saturated carbocycles. The van der Waals surface area contributed by atoms with Crippen LogP contribution >= 0.6 is 0 Å². The van der Waals surface area contributed by atoms with Crippen molar-refractivity contribution in [3.8, 4) is 171 Å². The van der Waals surface area contributed by atoms with E-state index in [1.54, 1.807) is 121 Å². The maximum Gasteiger partial charge on any atom is 0.315 e. The van der Waals surface area contributed by atoms with Gasteiger partial charge in [0.2, 0.25) is 39.3 Å². The summed E-state index contributed by atoms with van der Waals surface area (Å²) in [6.45, 7) is 0. The Hall–Kier alpha value is -18.3. The average molecular weight is 1670 g/mol. The Morgan fingerprint density at radius 2 is 0.496 bits per heavy atom. The third-order valence-corrected chi connectivity index (χ3v) is 18.3. The number of aromatic hydroxyl groups is 18. The lowest BCUT2D eigenvalue weighted by Crippen LogP contribution is -2.02. The molecule has 18 aromatic rings. The molecule has 33 nitrogen and oxygen atoms in total. The van der Waals surface area contributed by atoms with Crippen molar-refractivity contribution < 1.29 is 123 Å². The first kappa shape index (κ1) is 82.7. The van der Waals surface area contributed by atoms with E-state index < -0.39 is 95.9 Å². The SMILES string of the molecule is O=c1c(O)c(-c2cc(O)c(O)c(O)c2)oc2ccccc12.O=c1c(O)c(-c2ccc(O)c(O)c2)oc2cc(O)ccc12.O=c1c(O)c(-c2ccc(O)c(O)c2)oc2ccccc12.O=c1cc(-c2cc(O)c(O)c(O)c2)oc2ccccc12.O=c1cc(-c2cc(O)c(O)c([N+](=O)[O-])c2)oc2ccccc12.O=c1cc(-c2ccc(O)c(O)c2)oc2ccccc12. The molecule has 6 aromatic heterocycles. The Bertz CT molecular complexity index is 7600. The predicted octanol–water partition coefficient (Wildman–Crippen LogP) is 15.4. The number of phenolic OH excluding ortho intramolecular Hbond substituents is 15. The van der Waals surface area contributed by atoms with Crippen LogP contribution in [0.15, 0.2) is 304 Å². The van der Waals surface area contributed by atoms with Gasteiger partial charge in [0.15, 0.2) is 108 Å². The second-order valence-electron chi connectivity index (χ2n) is 26.4. The molecule has 33 heteroatoms. The summed E-state index contributed by atoms with van der Waals surface area (Å²) in [5.41, 5.74) is 0.196. The zero-order valence-electron chi connectivity index (χ0n) is 62.4. The van der Waals surface area contributed by atoms with Crippen molar-refractivity contribution in [2.24, 2.45) is 0 Å². The Balaban J connectivity index is 0.000000127. The molecule has 0 aliphatic heterocycles. The Labute approximate surface area is 683 Å². The fourth-order valence-electron chi connectivity index (χ4n) is 12.1. The van der Waals surface area contributed by atoms with Gasteiger partial charge in [0.1, 0.15) is 56.5 Å². The number of fused-ring (bicyclic) bond motifs is 6. The number of phenols is 15. The van der Waals surface area contributed by atoms with E-state index in [9.17, 15) is 131 Å². The molecule has 0 unspecified atom stereocenters. The van der Waals surface area contributed by atoms with Crippen molar-refractivity contribution in [3.63, 3.8) is 0 Å². The lowest BCUT2D eigenvalue weighted by atomic mass is 10.1. The van der Waals surface area contributed by atoms with Crippen molar-refractivity contribution in [1.29, 1.82) is 0 Å². The van der Waals surface area contributed by atoms with Gasteiger partial charge >= 0.3 is 5.69 Å². The highest BCUT2D eigenvalue weighted by atomic mass is 16.6. The van der Waals surface area contributed by atoms with Crippen molar-refractivity contribution in [3.05, 3.63) is 320 Å². The molecular weight excluding hydrogens is 1610 g/mol. The summed E-state index contributed by atoms with van der Waals surface area (Å²) in [5, 5.41) is 184. The van der Waals surface area contributed by atoms with Gasteiger partial charge in [-0.25, -0.2) is 0 Å². The van der Waals surface area contributed by atoms with Gasteiger partial charge in [-0.05, 0) is 158 Å². The van der Waals surface area contributed by atoms with E-state index >= 15 is 0 Å². The number of para-hydroxylation sites is 5. The average Bonchev–Trinajstić information content (AvgIpc) is 0.788. The summed E-state index contributed by atoms with van der Waals surface area (Å²) in [7, 11) is 0. The zero-order valence-corrected chi connectivity index (χ0v) is 62.4. The number of nitro groups is 1. The molecule has 0 aliphatic rings. The predicted molar refractivity (Wildman–Crippen MR) is 444 cm³/mol. The van der Waals surface area contributed by atoms with Gasteiger partial charge in [0, 0.05) is 63.7 Å². The molecule has 0 fully saturated rings. The van der Waals surface area contributed by atoms with Crippen LogP contribution in [0, 0.1) is 10.1 Å². The van der Waals surface area contributed by atoms with Crippen molar-refractivity contribution in [2.45, 2.75) is 0 Å². The molecule has 0 amide bonds. The summed E-state index contributed by atoms with van der Waals surface area (Å²) >= 11 is 0. The van der Waals surface area contributed by atoms with E-state index in [2.05, 4.69) is 0 Å². The van der Waals surface area contributed by atoms with Crippen LogP contribution in [-0.2, 0) is 0 Å². The van der Waals surface area contributed by atoms with Crippen LogP contribution in [0.3, 0.4) is 0 Å². The number of benzene rings is 12. The first-order valence-corrected chi connectivity index (χ1v) is 35.6. The van der Waals surface area contributed by atoms with E-state index in [4.69, 9.17) is 26.5 Å². The van der Waals surface area contributed by atoms with Crippen molar-refractivity contribution in [2.75, 3.05) is 0 Å². The summed E-state index contributed by atoms with van der Waals surface area (Å²) in [6, 6.07) is 59.5. The Morgan fingerprint density at radius 1 is 0.220 bits per heavy atom. The first-order valence-electron chi connectivity index (χ1n) is 35.6. The van der Waals surface area contributed by atoms with Crippen LogP contribution in [0.2, 0.25) is 0 Å². The maximum atomic E-state index is 12.1. The minimum Gasteiger partial charge on any atom is -0.508 e. The quantitative estimate of drug-likeness (QED) is 0.0400. The van der Waals surface area contributed by atoms with Crippen LogP contribution in [0.25, 0.3) is 134 Å². The lowest BCUT2D eigenvalue weighted by molar-refractivity contribution is -0.385. The largest absolute Gasteiger partial charge is 0.508 e. The van der Waals surface area contributed by atoms with E-state index in [0.717, 1.165) is 30.3 Å². The highest BCUT2D eigenvalue weighted by Crippen LogP contribution is 2.45. The molecule has 18 rings (SSSR count). The number of rotatable bonds is 7. The molecular formula is C90H59NO32. The van der Waals surface area contributed by atoms with Crippen LogP contribution < -0.4 is 32.6 Å². The number of nitrogens with zero attached hydrogens (tertiary/aromatic N) is 1. The van der Waals surface area contributed by atoms with Gasteiger partial charge in [-0.1, -0.05) is 60.7 Å². The van der Waals surface area contributed by atoms with Crippen LogP contribution in [0.4, 0.5) is 5.69 Å². The van der Waals surface area contributed by atoms with Gasteiger partial charge in [0.25, 0.3) is 0 Å². The highest BCUT2D eigenvalue weighted by Gasteiger charge is 2.24. The van der Waals surface area contributed by atoms with Crippen LogP contribution in [0.5, 0.6) is 103 Å². The minimum atomic E-state index is -0.836. The van der Waals surface area contributed by atoms with E-state index in [-0.39, 0.29) is 124 Å². The smallest absolute Gasteiger partial charge is 0.315 e. The van der Waals surface area contributed by atoms with E-state index in [0.29, 0.717) is 60.9 Å². The summed E-state index contributed by atoms with van der Waals surface area (Å²) in [5.74, 6) is -8.55. The molecule has 0 aliphatic carbocycles. The van der Waals surface area contributed by atoms with Crippen molar-refractivity contribution >= 4 is 71.5 Å². The van der Waals surface area contributed by atoms with Gasteiger partial charge in [-0.15, -0.1) is 0 Å². The third-order valence-electron chi connectivity index (χ3n) is 18.3. The molecule has 6 heterocycles. The molecule has 616 valence electrons. The first-order chi connectivity index (χ1) is 58.7. The summed E-state index contributed by atoms with van der Waals surface area (Å²) in [4.78, 5) is 82.2. The maximum absolute atomic E-state index is 12.1. The van der Waals surface area contributed by atoms with Crippen LogP contribution in [-0.4, -0.2) is 96.8 Å². The normalized spacial score (nSPS) is 10.8. The molecule has 0 saturated heterocycles. The Kier molecular flexibility index (Phi) is 23.0. The monoisotopic (exact) mass is 1670 g/mol. The van der Waals surface area contributed by atoms with Crippen molar-refractivity contribution in [1.82, 2.24) is 0 Å². The standard InChI is InChI=1S/C15H9NO6.2C15H10O6.2C15H10O5.C15H10O4/c17-11-7-14(22-13-4-2-1-3-9(11)13)8-5-10(16(20)21)15(19)12(18)6-8;16-8-2-3-9-12(6-8)21-15(14(20)13(9)19)7-1-4-10(17)11(18)5-7;16-9-5-7(6-10(17)13(9)19)15-14(20)12(18)8-3-1-2-4-11(8)21-15;16-10-7-14(20-13-4-2-1-3-9(10)13)8-5-11(17)15(19)12(18)6-8;16-10-6-5-8(7-11(10)17)15-14(19)13(18)9-3-1-2-4-12(9)20-15;16-11-6-5-9(7-13(11)18)15-8-12(17)10-3-1-2-4-14(10)19-15/h1-7,18-19H;1-6,16-18,20H;1-6,16-17,19-20H;1-7,17-19H;1-7,16-17,19H;1-8,16,18H. The Morgan fingerprint density at radius 3 is 0.862 bits per heavy atom. The molecule has 0 bridgehead atoms. The number of hydrogen-bond acceptors (Lipinski definition) is 32. The second kappa shape index (κ2) is 34.3.